The summed E-state index contributed by atoms with van der Waals surface area (Å²) in [5.41, 5.74) is 0.467. The van der Waals surface area contributed by atoms with Crippen molar-refractivity contribution in [1.29, 1.82) is 0 Å². The zero-order valence-electron chi connectivity index (χ0n) is 14.2. The summed E-state index contributed by atoms with van der Waals surface area (Å²) in [6.07, 6.45) is 4.08. The Morgan fingerprint density at radius 3 is 2.88 bits per heavy atom. The van der Waals surface area contributed by atoms with Gasteiger partial charge in [0.1, 0.15) is 29.5 Å². The van der Waals surface area contributed by atoms with Gasteiger partial charge in [-0.3, -0.25) is 0 Å². The Labute approximate surface area is 150 Å². The Balaban J connectivity index is 1.23. The van der Waals surface area contributed by atoms with Crippen LogP contribution in [0.25, 0.3) is 0 Å². The maximum absolute atomic E-state index is 13.7. The van der Waals surface area contributed by atoms with Gasteiger partial charge >= 0.3 is 0 Å². The van der Waals surface area contributed by atoms with Crippen molar-refractivity contribution in [1.82, 2.24) is 4.98 Å². The minimum absolute atomic E-state index is 0.0353. The van der Waals surface area contributed by atoms with E-state index >= 15 is 0 Å². The van der Waals surface area contributed by atoms with E-state index in [-0.39, 0.29) is 23.6 Å². The van der Waals surface area contributed by atoms with Crippen molar-refractivity contribution in [3.63, 3.8) is 0 Å². The molecule has 8 heteroatoms. The summed E-state index contributed by atoms with van der Waals surface area (Å²) >= 11 is 0. The molecule has 3 aliphatic rings. The van der Waals surface area contributed by atoms with Crippen LogP contribution in [0.4, 0.5) is 16.1 Å². The van der Waals surface area contributed by atoms with E-state index in [0.29, 0.717) is 37.3 Å². The van der Waals surface area contributed by atoms with Crippen molar-refractivity contribution in [3.05, 3.63) is 36.5 Å². The summed E-state index contributed by atoms with van der Waals surface area (Å²) in [5.74, 6) is 0.354. The van der Waals surface area contributed by atoms with Crippen LogP contribution in [-0.2, 0) is 9.47 Å². The van der Waals surface area contributed by atoms with Crippen LogP contribution in [0.1, 0.15) is 6.42 Å². The second-order valence-corrected chi connectivity index (χ2v) is 7.13. The molecule has 0 amide bonds. The van der Waals surface area contributed by atoms with Crippen LogP contribution in [0.5, 0.6) is 5.75 Å². The number of ether oxygens (including phenoxy) is 3. The first-order valence-electron chi connectivity index (χ1n) is 8.78. The quantitative estimate of drug-likeness (QED) is 0.874. The summed E-state index contributed by atoms with van der Waals surface area (Å²) in [4.78, 5) is 6.21. The lowest BCUT2D eigenvalue weighted by Crippen LogP contribution is -2.62. The molecule has 5 rings (SSSR count). The summed E-state index contributed by atoms with van der Waals surface area (Å²) in [6, 6.07) is 5.27. The molecule has 0 saturated carbocycles. The number of halogens is 1. The zero-order chi connectivity index (χ0) is 17.6. The number of hydrogen-bond donors (Lipinski definition) is 1. The van der Waals surface area contributed by atoms with E-state index in [9.17, 15) is 4.39 Å². The first-order valence-corrected chi connectivity index (χ1v) is 8.78. The Kier molecular flexibility index (Phi) is 3.75. The van der Waals surface area contributed by atoms with Crippen LogP contribution in [0.2, 0.25) is 0 Å². The predicted molar refractivity (Wildman–Crippen MR) is 91.1 cm³/mol. The number of benzene rings is 1. The van der Waals surface area contributed by atoms with Crippen molar-refractivity contribution in [3.8, 4) is 5.75 Å². The molecule has 1 atom stereocenters. The van der Waals surface area contributed by atoms with Crippen molar-refractivity contribution in [2.24, 2.45) is 0 Å². The number of rotatable bonds is 5. The first kappa shape index (κ1) is 15.9. The lowest BCUT2D eigenvalue weighted by atomic mass is 9.90. The van der Waals surface area contributed by atoms with Gasteiger partial charge in [0.05, 0.1) is 50.8 Å². The fourth-order valence-corrected chi connectivity index (χ4v) is 3.71. The van der Waals surface area contributed by atoms with E-state index in [1.54, 1.807) is 18.5 Å². The molecule has 0 aliphatic carbocycles. The van der Waals surface area contributed by atoms with Crippen LogP contribution >= 0.6 is 0 Å². The van der Waals surface area contributed by atoms with E-state index in [1.165, 1.54) is 12.1 Å². The Bertz CT molecular complexity index is 775. The maximum Gasteiger partial charge on any atom is 0.297 e. The molecule has 7 nitrogen and oxygen atoms in total. The second-order valence-electron chi connectivity index (χ2n) is 7.13. The molecule has 138 valence electrons. The molecular weight excluding hydrogens is 341 g/mol. The predicted octanol–water partition coefficient (Wildman–Crippen LogP) is 2.05. The second kappa shape index (κ2) is 6.14. The molecule has 0 unspecified atom stereocenters. The third kappa shape index (κ3) is 2.89. The molecule has 1 spiro atoms. The van der Waals surface area contributed by atoms with Crippen molar-refractivity contribution in [2.45, 2.75) is 24.2 Å². The smallest absolute Gasteiger partial charge is 0.297 e. The van der Waals surface area contributed by atoms with Crippen LogP contribution in [-0.4, -0.2) is 55.6 Å². The number of nitrogens with zero attached hydrogens (tertiary/aromatic N) is 2. The Hall–Kier alpha value is -2.32. The topological polar surface area (TPSA) is 69.0 Å². The molecule has 4 heterocycles. The minimum atomic E-state index is -0.294. The number of anilines is 2. The van der Waals surface area contributed by atoms with Crippen molar-refractivity contribution < 1.29 is 23.0 Å². The van der Waals surface area contributed by atoms with E-state index in [0.717, 1.165) is 19.5 Å². The molecule has 2 aromatic rings. The van der Waals surface area contributed by atoms with Gasteiger partial charge in [0, 0.05) is 12.5 Å². The van der Waals surface area contributed by atoms with Gasteiger partial charge in [-0.2, -0.15) is 0 Å². The lowest BCUT2D eigenvalue weighted by molar-refractivity contribution is -0.0794. The van der Waals surface area contributed by atoms with Crippen LogP contribution < -0.4 is 15.0 Å². The highest BCUT2D eigenvalue weighted by Crippen LogP contribution is 2.39. The third-order valence-electron chi connectivity index (χ3n) is 5.06. The highest BCUT2D eigenvalue weighted by Gasteiger charge is 2.51. The normalized spacial score (nSPS) is 24.3. The van der Waals surface area contributed by atoms with Crippen molar-refractivity contribution in [2.75, 3.05) is 43.1 Å². The molecule has 1 N–H and O–H groups in total. The molecule has 1 aromatic heterocycles. The number of aromatic nitrogens is 1. The van der Waals surface area contributed by atoms with E-state index in [2.05, 4.69) is 15.2 Å². The van der Waals surface area contributed by atoms with Gasteiger partial charge in [0.25, 0.3) is 6.01 Å². The zero-order valence-corrected chi connectivity index (χ0v) is 14.2. The average molecular weight is 361 g/mol. The van der Waals surface area contributed by atoms with Gasteiger partial charge in [-0.05, 0) is 12.1 Å². The molecule has 3 fully saturated rings. The van der Waals surface area contributed by atoms with Crippen molar-refractivity contribution >= 4 is 11.7 Å². The van der Waals surface area contributed by atoms with Gasteiger partial charge in [-0.1, -0.05) is 0 Å². The summed E-state index contributed by atoms with van der Waals surface area (Å²) in [7, 11) is 0. The van der Waals surface area contributed by atoms with Gasteiger partial charge in [-0.25, -0.2) is 9.37 Å². The molecule has 3 aliphatic heterocycles. The standard InChI is InChI=1S/C18H20FN3O4/c19-12-1-2-16(26-14-8-23-9-14)15(5-12)21-13-6-18(25-7-13)10-22(11-18)17-20-3-4-24-17/h1-5,13-14,21H,6-11H2/t13-/m0/s1. The monoisotopic (exact) mass is 361 g/mol. The summed E-state index contributed by atoms with van der Waals surface area (Å²) in [6.45, 7) is 3.21. The largest absolute Gasteiger partial charge is 0.483 e. The maximum atomic E-state index is 13.7. The number of hydrogen-bond acceptors (Lipinski definition) is 7. The van der Waals surface area contributed by atoms with Crippen LogP contribution in [0, 0.1) is 5.82 Å². The van der Waals surface area contributed by atoms with Gasteiger partial charge < -0.3 is 28.8 Å². The van der Waals surface area contributed by atoms with Crippen LogP contribution in [0.3, 0.4) is 0 Å². The van der Waals surface area contributed by atoms with E-state index in [4.69, 9.17) is 18.6 Å². The van der Waals surface area contributed by atoms with Gasteiger partial charge in [0.2, 0.25) is 0 Å². The molecular formula is C18H20FN3O4. The fraction of sp³-hybridized carbons (Fsp3) is 0.500. The molecule has 3 saturated heterocycles. The van der Waals surface area contributed by atoms with Gasteiger partial charge in [-0.15, -0.1) is 0 Å². The molecule has 0 bridgehead atoms. The fourth-order valence-electron chi connectivity index (χ4n) is 3.71. The summed E-state index contributed by atoms with van der Waals surface area (Å²) < 4.78 is 36.1. The number of nitrogens with one attached hydrogen (secondary N) is 1. The lowest BCUT2D eigenvalue weighted by Gasteiger charge is -2.46. The highest BCUT2D eigenvalue weighted by atomic mass is 19.1. The molecule has 0 radical (unpaired) electrons. The average Bonchev–Trinajstić information content (AvgIpc) is 3.20. The van der Waals surface area contributed by atoms with E-state index in [1.807, 2.05) is 0 Å². The Morgan fingerprint density at radius 2 is 2.15 bits per heavy atom. The molecule has 26 heavy (non-hydrogen) atoms. The highest BCUT2D eigenvalue weighted by molar-refractivity contribution is 5.57. The van der Waals surface area contributed by atoms with Crippen LogP contribution in [0.15, 0.2) is 35.1 Å². The Morgan fingerprint density at radius 1 is 1.27 bits per heavy atom. The van der Waals surface area contributed by atoms with Gasteiger partial charge in [0.15, 0.2) is 0 Å². The SMILES string of the molecule is Fc1ccc(OC2COC2)c(N[C@@H]2COC3(C2)CN(c2ncco2)C3)c1. The minimum Gasteiger partial charge on any atom is -0.483 e. The summed E-state index contributed by atoms with van der Waals surface area (Å²) in [5, 5.41) is 3.39. The van der Waals surface area contributed by atoms with E-state index < -0.39 is 0 Å². The third-order valence-corrected chi connectivity index (χ3v) is 5.06. The number of oxazole rings is 1. The first-order chi connectivity index (χ1) is 12.7. The molecule has 1 aromatic carbocycles.